The predicted molar refractivity (Wildman–Crippen MR) is 94.4 cm³/mol. The monoisotopic (exact) mass is 377 g/mol. The van der Waals surface area contributed by atoms with Crippen LogP contribution in [0.15, 0.2) is 16.7 Å². The molecular weight excluding hydrogens is 354 g/mol. The first-order valence-corrected chi connectivity index (χ1v) is 9.57. The summed E-state index contributed by atoms with van der Waals surface area (Å²) in [6, 6.07) is 2.10. The summed E-state index contributed by atoms with van der Waals surface area (Å²) in [5.41, 5.74) is 1.17. The molecule has 1 aliphatic carbocycles. The van der Waals surface area contributed by atoms with Gasteiger partial charge in [-0.15, -0.1) is 0 Å². The lowest BCUT2D eigenvalue weighted by atomic mass is 10.0. The second-order valence-electron chi connectivity index (χ2n) is 7.42. The van der Waals surface area contributed by atoms with Crippen molar-refractivity contribution in [3.8, 4) is 0 Å². The second kappa shape index (κ2) is 6.08. The number of rotatable bonds is 2. The molecule has 0 spiro atoms. The highest BCUT2D eigenvalue weighted by Crippen LogP contribution is 2.38. The molecule has 1 aromatic heterocycles. The SMILES string of the molecule is Cc1cc(Br)cnc1N1CCC(C(=O)N2CC3CCCC3C2)C1. The van der Waals surface area contributed by atoms with Crippen molar-refractivity contribution in [1.29, 1.82) is 0 Å². The van der Waals surface area contributed by atoms with Gasteiger partial charge in [-0.1, -0.05) is 6.42 Å². The van der Waals surface area contributed by atoms with Gasteiger partial charge in [0.15, 0.2) is 0 Å². The fourth-order valence-electron chi connectivity index (χ4n) is 4.69. The fourth-order valence-corrected chi connectivity index (χ4v) is 5.14. The number of nitrogens with zero attached hydrogens (tertiary/aromatic N) is 3. The number of anilines is 1. The average Bonchev–Trinajstić information content (AvgIpc) is 3.22. The summed E-state index contributed by atoms with van der Waals surface area (Å²) in [6.45, 7) is 5.86. The smallest absolute Gasteiger partial charge is 0.227 e. The summed E-state index contributed by atoms with van der Waals surface area (Å²) in [7, 11) is 0. The van der Waals surface area contributed by atoms with Crippen molar-refractivity contribution in [3.63, 3.8) is 0 Å². The highest BCUT2D eigenvalue weighted by atomic mass is 79.9. The van der Waals surface area contributed by atoms with Crippen LogP contribution in [0.5, 0.6) is 0 Å². The lowest BCUT2D eigenvalue weighted by molar-refractivity contribution is -0.134. The first-order chi connectivity index (χ1) is 11.1. The zero-order valence-electron chi connectivity index (χ0n) is 13.7. The van der Waals surface area contributed by atoms with E-state index in [9.17, 15) is 4.79 Å². The Morgan fingerprint density at radius 2 is 1.96 bits per heavy atom. The quantitative estimate of drug-likeness (QED) is 0.793. The van der Waals surface area contributed by atoms with Crippen LogP contribution in [0.3, 0.4) is 0 Å². The van der Waals surface area contributed by atoms with Crippen LogP contribution >= 0.6 is 15.9 Å². The molecule has 3 heterocycles. The van der Waals surface area contributed by atoms with Crippen LogP contribution in [0.4, 0.5) is 5.82 Å². The van der Waals surface area contributed by atoms with Crippen LogP contribution in [-0.4, -0.2) is 42.0 Å². The van der Waals surface area contributed by atoms with Crippen molar-refractivity contribution in [2.24, 2.45) is 17.8 Å². The molecule has 4 nitrogen and oxygen atoms in total. The molecule has 23 heavy (non-hydrogen) atoms. The van der Waals surface area contributed by atoms with Gasteiger partial charge in [0, 0.05) is 36.8 Å². The Morgan fingerprint density at radius 1 is 1.22 bits per heavy atom. The highest BCUT2D eigenvalue weighted by molar-refractivity contribution is 9.10. The fraction of sp³-hybridized carbons (Fsp3) is 0.667. The Hall–Kier alpha value is -1.10. The molecule has 0 bridgehead atoms. The van der Waals surface area contributed by atoms with Crippen molar-refractivity contribution in [2.75, 3.05) is 31.1 Å². The summed E-state index contributed by atoms with van der Waals surface area (Å²) >= 11 is 3.47. The molecule has 2 saturated heterocycles. The largest absolute Gasteiger partial charge is 0.356 e. The van der Waals surface area contributed by atoms with E-state index in [1.54, 1.807) is 0 Å². The van der Waals surface area contributed by atoms with Crippen LogP contribution in [0.1, 0.15) is 31.2 Å². The van der Waals surface area contributed by atoms with E-state index in [1.165, 1.54) is 24.8 Å². The van der Waals surface area contributed by atoms with Crippen LogP contribution in [0.2, 0.25) is 0 Å². The van der Waals surface area contributed by atoms with Gasteiger partial charge in [-0.05, 0) is 65.6 Å². The van der Waals surface area contributed by atoms with E-state index in [1.807, 2.05) is 6.20 Å². The van der Waals surface area contributed by atoms with Crippen LogP contribution in [0.25, 0.3) is 0 Å². The number of carbonyl (C=O) groups is 1. The Labute approximate surface area is 146 Å². The van der Waals surface area contributed by atoms with Crippen molar-refractivity contribution < 1.29 is 4.79 Å². The maximum absolute atomic E-state index is 12.9. The maximum atomic E-state index is 12.9. The topological polar surface area (TPSA) is 36.4 Å². The van der Waals surface area contributed by atoms with Crippen molar-refractivity contribution in [2.45, 2.75) is 32.6 Å². The number of hydrogen-bond donors (Lipinski definition) is 0. The highest BCUT2D eigenvalue weighted by Gasteiger charge is 2.41. The normalized spacial score (nSPS) is 30.1. The number of carbonyl (C=O) groups excluding carboxylic acids is 1. The molecule has 3 fully saturated rings. The molecule has 5 heteroatoms. The molecule has 1 amide bonds. The molecule has 0 aromatic carbocycles. The molecule has 4 rings (SSSR count). The van der Waals surface area contributed by atoms with Crippen molar-refractivity contribution in [3.05, 3.63) is 22.3 Å². The number of likely N-dealkylation sites (tertiary alicyclic amines) is 1. The molecule has 1 aromatic rings. The molecule has 3 aliphatic rings. The van der Waals surface area contributed by atoms with Gasteiger partial charge in [0.05, 0.1) is 5.92 Å². The third-order valence-electron chi connectivity index (χ3n) is 5.89. The summed E-state index contributed by atoms with van der Waals surface area (Å²) in [5.74, 6) is 3.14. The van der Waals surface area contributed by atoms with Crippen molar-refractivity contribution >= 4 is 27.7 Å². The molecular formula is C18H24BrN3O. The van der Waals surface area contributed by atoms with Gasteiger partial charge in [-0.2, -0.15) is 0 Å². The number of aryl methyl sites for hydroxylation is 1. The Kier molecular flexibility index (Phi) is 4.08. The number of fused-ring (bicyclic) bond motifs is 1. The standard InChI is InChI=1S/C18H24BrN3O/c1-12-7-16(19)8-20-17(12)21-6-5-15(11-21)18(23)22-9-13-3-2-4-14(13)10-22/h7-8,13-15H,2-6,9-11H2,1H3. The van der Waals surface area contributed by atoms with Gasteiger partial charge in [-0.3, -0.25) is 4.79 Å². The Bertz CT molecular complexity index is 608. The van der Waals surface area contributed by atoms with E-state index in [2.05, 4.69) is 43.7 Å². The van der Waals surface area contributed by atoms with E-state index in [-0.39, 0.29) is 5.92 Å². The van der Waals surface area contributed by atoms with Crippen LogP contribution < -0.4 is 4.90 Å². The number of hydrogen-bond acceptors (Lipinski definition) is 3. The minimum Gasteiger partial charge on any atom is -0.356 e. The number of amides is 1. The van der Waals surface area contributed by atoms with Gasteiger partial charge in [-0.25, -0.2) is 4.98 Å². The van der Waals surface area contributed by atoms with Crippen LogP contribution in [0, 0.1) is 24.7 Å². The van der Waals surface area contributed by atoms with Gasteiger partial charge < -0.3 is 9.80 Å². The molecule has 124 valence electrons. The van der Waals surface area contributed by atoms with Gasteiger partial charge in [0.25, 0.3) is 0 Å². The molecule has 0 radical (unpaired) electrons. The van der Waals surface area contributed by atoms with Gasteiger partial charge >= 0.3 is 0 Å². The minimum atomic E-state index is 0.152. The average molecular weight is 378 g/mol. The number of pyridine rings is 1. The molecule has 1 saturated carbocycles. The Morgan fingerprint density at radius 3 is 2.65 bits per heavy atom. The molecule has 2 aliphatic heterocycles. The second-order valence-corrected chi connectivity index (χ2v) is 8.34. The summed E-state index contributed by atoms with van der Waals surface area (Å²) < 4.78 is 1.01. The zero-order valence-corrected chi connectivity index (χ0v) is 15.3. The summed E-state index contributed by atoms with van der Waals surface area (Å²) in [4.78, 5) is 21.9. The molecule has 3 unspecified atom stereocenters. The first kappa shape index (κ1) is 15.4. The third kappa shape index (κ3) is 2.88. The summed E-state index contributed by atoms with van der Waals surface area (Å²) in [6.07, 6.45) is 6.82. The van der Waals surface area contributed by atoms with E-state index in [0.29, 0.717) is 5.91 Å². The maximum Gasteiger partial charge on any atom is 0.227 e. The van der Waals surface area contributed by atoms with Crippen LogP contribution in [-0.2, 0) is 4.79 Å². The molecule has 3 atom stereocenters. The first-order valence-electron chi connectivity index (χ1n) is 8.77. The molecule has 0 N–H and O–H groups in total. The zero-order chi connectivity index (χ0) is 16.0. The third-order valence-corrected chi connectivity index (χ3v) is 6.33. The van der Waals surface area contributed by atoms with Gasteiger partial charge in [0.2, 0.25) is 5.91 Å². The van der Waals surface area contributed by atoms with E-state index in [0.717, 1.165) is 54.7 Å². The number of halogens is 1. The van der Waals surface area contributed by atoms with Crippen molar-refractivity contribution in [1.82, 2.24) is 9.88 Å². The Balaban J connectivity index is 1.41. The number of aromatic nitrogens is 1. The summed E-state index contributed by atoms with van der Waals surface area (Å²) in [5, 5.41) is 0. The predicted octanol–water partition coefficient (Wildman–Crippen LogP) is 3.24. The van der Waals surface area contributed by atoms with E-state index >= 15 is 0 Å². The lowest BCUT2D eigenvalue weighted by Gasteiger charge is -2.23. The minimum absolute atomic E-state index is 0.152. The lowest BCUT2D eigenvalue weighted by Crippen LogP contribution is -2.36. The van der Waals surface area contributed by atoms with E-state index in [4.69, 9.17) is 0 Å². The van der Waals surface area contributed by atoms with E-state index < -0.39 is 0 Å². The van der Waals surface area contributed by atoms with Gasteiger partial charge in [0.1, 0.15) is 5.82 Å².